The van der Waals surface area contributed by atoms with E-state index in [-0.39, 0.29) is 0 Å². The fourth-order valence-corrected chi connectivity index (χ4v) is 1.28. The van der Waals surface area contributed by atoms with Gasteiger partial charge in [-0.3, -0.25) is 0 Å². The first-order valence-electron chi connectivity index (χ1n) is 4.22. The Balaban J connectivity index is 2.41. The van der Waals surface area contributed by atoms with Crippen LogP contribution in [0.5, 0.6) is 0 Å². The van der Waals surface area contributed by atoms with Crippen LogP contribution in [0.25, 0.3) is 0 Å². The van der Waals surface area contributed by atoms with E-state index in [1.807, 2.05) is 0 Å². The summed E-state index contributed by atoms with van der Waals surface area (Å²) in [5.74, 6) is 0.824. The van der Waals surface area contributed by atoms with Gasteiger partial charge in [0.05, 0.1) is 0 Å². The lowest BCUT2D eigenvalue weighted by atomic mass is 9.96. The molecule has 1 nitrogen and oxygen atoms in total. The van der Waals surface area contributed by atoms with E-state index >= 15 is 0 Å². The lowest BCUT2D eigenvalue weighted by Crippen LogP contribution is -2.28. The van der Waals surface area contributed by atoms with E-state index in [0.29, 0.717) is 6.04 Å². The molecule has 0 radical (unpaired) electrons. The highest BCUT2D eigenvalue weighted by Crippen LogP contribution is 2.14. The molecule has 0 amide bonds. The predicted octanol–water partition coefficient (Wildman–Crippen LogP) is 2.30. The summed E-state index contributed by atoms with van der Waals surface area (Å²) in [6, 6.07) is 0.650. The highest BCUT2D eigenvalue weighted by atomic mass is 14.9. The van der Waals surface area contributed by atoms with Gasteiger partial charge in [0.2, 0.25) is 0 Å². The Labute approximate surface area is 63.5 Å². The Hall–Kier alpha value is -0.460. The Morgan fingerprint density at radius 2 is 2.20 bits per heavy atom. The molecule has 0 aromatic heterocycles. The fourth-order valence-electron chi connectivity index (χ4n) is 1.28. The van der Waals surface area contributed by atoms with Crippen LogP contribution in [0.1, 0.15) is 33.1 Å². The zero-order valence-corrected chi connectivity index (χ0v) is 6.93. The van der Waals surface area contributed by atoms with Crippen molar-refractivity contribution in [2.75, 3.05) is 0 Å². The smallest absolute Gasteiger partial charge is 0.0252 e. The molecule has 0 saturated carbocycles. The van der Waals surface area contributed by atoms with Crippen LogP contribution in [-0.4, -0.2) is 6.04 Å². The van der Waals surface area contributed by atoms with Gasteiger partial charge in [-0.1, -0.05) is 13.0 Å². The van der Waals surface area contributed by atoms with E-state index in [1.165, 1.54) is 19.3 Å². The van der Waals surface area contributed by atoms with Crippen LogP contribution >= 0.6 is 0 Å². The van der Waals surface area contributed by atoms with E-state index in [1.54, 1.807) is 0 Å². The van der Waals surface area contributed by atoms with Gasteiger partial charge < -0.3 is 5.32 Å². The standard InChI is InChI=1S/C9H17N/c1-8-6-4-3-5-7-10-9(8)2/h5,7-10H,3-4,6H2,1-2H3/b7-5-. The van der Waals surface area contributed by atoms with Crippen LogP contribution in [0.2, 0.25) is 0 Å². The Bertz CT molecular complexity index is 118. The molecule has 2 unspecified atom stereocenters. The van der Waals surface area contributed by atoms with E-state index in [0.717, 1.165) is 5.92 Å². The maximum absolute atomic E-state index is 3.35. The molecule has 1 N–H and O–H groups in total. The third-order valence-electron chi connectivity index (χ3n) is 2.36. The zero-order valence-electron chi connectivity index (χ0n) is 6.93. The second-order valence-electron chi connectivity index (χ2n) is 3.27. The largest absolute Gasteiger partial charge is 0.388 e. The molecule has 0 saturated heterocycles. The van der Waals surface area contributed by atoms with Crippen molar-refractivity contribution in [2.24, 2.45) is 5.92 Å². The van der Waals surface area contributed by atoms with Gasteiger partial charge in [0, 0.05) is 6.04 Å². The molecule has 1 aliphatic heterocycles. The SMILES string of the molecule is CC1CCC/C=C\NC1C. The van der Waals surface area contributed by atoms with E-state index < -0.39 is 0 Å². The van der Waals surface area contributed by atoms with Crippen molar-refractivity contribution < 1.29 is 0 Å². The molecule has 1 rings (SSSR count). The summed E-state index contributed by atoms with van der Waals surface area (Å²) in [4.78, 5) is 0. The first kappa shape index (κ1) is 7.64. The minimum absolute atomic E-state index is 0.650. The Morgan fingerprint density at radius 3 is 3.00 bits per heavy atom. The summed E-state index contributed by atoms with van der Waals surface area (Å²) in [5, 5.41) is 3.35. The molecule has 1 heteroatoms. The summed E-state index contributed by atoms with van der Waals surface area (Å²) < 4.78 is 0. The van der Waals surface area contributed by atoms with Crippen molar-refractivity contribution in [2.45, 2.75) is 39.2 Å². The van der Waals surface area contributed by atoms with Crippen molar-refractivity contribution in [3.05, 3.63) is 12.3 Å². The third-order valence-corrected chi connectivity index (χ3v) is 2.36. The third kappa shape index (κ3) is 2.05. The molecule has 10 heavy (non-hydrogen) atoms. The lowest BCUT2D eigenvalue weighted by molar-refractivity contribution is 0.395. The minimum atomic E-state index is 0.650. The quantitative estimate of drug-likeness (QED) is 0.543. The Morgan fingerprint density at radius 1 is 1.40 bits per heavy atom. The van der Waals surface area contributed by atoms with Gasteiger partial charge in [-0.05, 0) is 38.3 Å². The fraction of sp³-hybridized carbons (Fsp3) is 0.778. The van der Waals surface area contributed by atoms with E-state index in [9.17, 15) is 0 Å². The highest BCUT2D eigenvalue weighted by molar-refractivity contribution is 4.86. The van der Waals surface area contributed by atoms with Crippen molar-refractivity contribution in [1.29, 1.82) is 0 Å². The van der Waals surface area contributed by atoms with Crippen molar-refractivity contribution in [3.8, 4) is 0 Å². The molecule has 1 aliphatic rings. The maximum atomic E-state index is 3.35. The van der Waals surface area contributed by atoms with E-state index in [2.05, 4.69) is 31.4 Å². The maximum Gasteiger partial charge on any atom is 0.0252 e. The second kappa shape index (κ2) is 3.65. The lowest BCUT2D eigenvalue weighted by Gasteiger charge is -2.21. The molecular weight excluding hydrogens is 122 g/mol. The van der Waals surface area contributed by atoms with Gasteiger partial charge in [0.1, 0.15) is 0 Å². The van der Waals surface area contributed by atoms with Crippen LogP contribution < -0.4 is 5.32 Å². The summed E-state index contributed by atoms with van der Waals surface area (Å²) in [6.07, 6.45) is 8.27. The van der Waals surface area contributed by atoms with Gasteiger partial charge in [-0.15, -0.1) is 0 Å². The number of hydrogen-bond acceptors (Lipinski definition) is 1. The zero-order chi connectivity index (χ0) is 7.40. The Kier molecular flexibility index (Phi) is 2.79. The monoisotopic (exact) mass is 139 g/mol. The van der Waals surface area contributed by atoms with Gasteiger partial charge in [-0.2, -0.15) is 0 Å². The van der Waals surface area contributed by atoms with Crippen LogP contribution in [0.3, 0.4) is 0 Å². The number of allylic oxidation sites excluding steroid dienone is 1. The average molecular weight is 139 g/mol. The van der Waals surface area contributed by atoms with Crippen LogP contribution in [0.15, 0.2) is 12.3 Å². The van der Waals surface area contributed by atoms with Crippen molar-refractivity contribution >= 4 is 0 Å². The molecular formula is C9H17N. The average Bonchev–Trinajstić information content (AvgIpc) is 1.92. The van der Waals surface area contributed by atoms with Crippen LogP contribution in [0.4, 0.5) is 0 Å². The number of rotatable bonds is 0. The summed E-state index contributed by atoms with van der Waals surface area (Å²) in [5.41, 5.74) is 0. The molecule has 0 aromatic carbocycles. The van der Waals surface area contributed by atoms with E-state index in [4.69, 9.17) is 0 Å². The second-order valence-corrected chi connectivity index (χ2v) is 3.27. The van der Waals surface area contributed by atoms with Gasteiger partial charge in [0.15, 0.2) is 0 Å². The molecule has 0 spiro atoms. The first-order valence-corrected chi connectivity index (χ1v) is 4.22. The van der Waals surface area contributed by atoms with Gasteiger partial charge >= 0.3 is 0 Å². The molecule has 1 heterocycles. The first-order chi connectivity index (χ1) is 4.80. The molecule has 0 aliphatic carbocycles. The van der Waals surface area contributed by atoms with Crippen LogP contribution in [0, 0.1) is 5.92 Å². The highest BCUT2D eigenvalue weighted by Gasteiger charge is 2.10. The molecule has 0 bridgehead atoms. The van der Waals surface area contributed by atoms with Crippen LogP contribution in [-0.2, 0) is 0 Å². The summed E-state index contributed by atoms with van der Waals surface area (Å²) in [6.45, 7) is 4.57. The number of hydrogen-bond donors (Lipinski definition) is 1. The molecule has 0 aromatic rings. The van der Waals surface area contributed by atoms with Crippen molar-refractivity contribution in [1.82, 2.24) is 5.32 Å². The normalized spacial score (nSPS) is 37.4. The van der Waals surface area contributed by atoms with Gasteiger partial charge in [-0.25, -0.2) is 0 Å². The van der Waals surface area contributed by atoms with Crippen molar-refractivity contribution in [3.63, 3.8) is 0 Å². The summed E-state index contributed by atoms with van der Waals surface area (Å²) >= 11 is 0. The summed E-state index contributed by atoms with van der Waals surface area (Å²) in [7, 11) is 0. The number of nitrogens with one attached hydrogen (secondary N) is 1. The molecule has 0 fully saturated rings. The topological polar surface area (TPSA) is 12.0 Å². The predicted molar refractivity (Wildman–Crippen MR) is 44.8 cm³/mol. The molecule has 58 valence electrons. The molecule has 2 atom stereocenters. The van der Waals surface area contributed by atoms with Gasteiger partial charge in [0.25, 0.3) is 0 Å². The minimum Gasteiger partial charge on any atom is -0.388 e.